The van der Waals surface area contributed by atoms with Crippen LogP contribution < -0.4 is 16.6 Å². The Balaban J connectivity index is 1.56. The zero-order valence-electron chi connectivity index (χ0n) is 17.2. The minimum Gasteiger partial charge on any atom is -0.353 e. The average Bonchev–Trinajstić information content (AvgIpc) is 3.19. The number of benzene rings is 2. The summed E-state index contributed by atoms with van der Waals surface area (Å²) in [6.45, 7) is 0.991. The molecule has 4 rings (SSSR count). The van der Waals surface area contributed by atoms with E-state index in [9.17, 15) is 14.4 Å². The second-order valence-corrected chi connectivity index (χ2v) is 8.29. The number of hydrogen-bond donors (Lipinski definition) is 2. The van der Waals surface area contributed by atoms with Gasteiger partial charge in [-0.25, -0.2) is 9.36 Å². The second kappa shape index (κ2) is 9.26. The van der Waals surface area contributed by atoms with Gasteiger partial charge in [-0.3, -0.25) is 9.59 Å². The van der Waals surface area contributed by atoms with Crippen molar-refractivity contribution in [2.24, 2.45) is 0 Å². The maximum atomic E-state index is 13.0. The van der Waals surface area contributed by atoms with E-state index in [1.54, 1.807) is 36.0 Å². The van der Waals surface area contributed by atoms with Crippen molar-refractivity contribution in [3.05, 3.63) is 81.6 Å². The molecule has 8 heteroatoms. The minimum atomic E-state index is -0.866. The third-order valence-electron chi connectivity index (χ3n) is 5.38. The van der Waals surface area contributed by atoms with E-state index in [2.05, 4.69) is 14.9 Å². The topological polar surface area (TPSA) is 88.9 Å². The number of amides is 1. The molecule has 2 aromatic heterocycles. The lowest BCUT2D eigenvalue weighted by Gasteiger charge is -2.19. The van der Waals surface area contributed by atoms with Crippen molar-refractivity contribution in [1.29, 1.82) is 0 Å². The van der Waals surface area contributed by atoms with Crippen molar-refractivity contribution in [2.75, 3.05) is 18.6 Å². The van der Waals surface area contributed by atoms with E-state index in [1.165, 1.54) is 0 Å². The van der Waals surface area contributed by atoms with E-state index in [-0.39, 0.29) is 5.91 Å². The molecule has 0 aliphatic carbocycles. The van der Waals surface area contributed by atoms with E-state index in [1.807, 2.05) is 42.8 Å². The smallest absolute Gasteiger partial charge is 0.329 e. The zero-order chi connectivity index (χ0) is 21.8. The molecular formula is C23H24N4O3S. The standard InChI is InChI=1S/C23H24N4O3S/c1-31-15-11-20(27-22(29)17-7-3-4-8-18(17)25-23(27)30)21(28)24-12-14-26-13-10-16-6-2-5-9-19(16)26/h2-10,13,20H,11-12,14-15H2,1H3,(H,24,28)(H,25,30)/t20-/m0/s1. The Morgan fingerprint density at radius 1 is 1.10 bits per heavy atom. The largest absolute Gasteiger partial charge is 0.353 e. The normalized spacial score (nSPS) is 12.3. The van der Waals surface area contributed by atoms with Gasteiger partial charge in [0.05, 0.1) is 10.9 Å². The van der Waals surface area contributed by atoms with Crippen LogP contribution in [0, 0.1) is 0 Å². The van der Waals surface area contributed by atoms with Gasteiger partial charge in [-0.15, -0.1) is 0 Å². The van der Waals surface area contributed by atoms with Crippen LogP contribution in [0.2, 0.25) is 0 Å². The molecule has 2 N–H and O–H groups in total. The first-order chi connectivity index (χ1) is 15.1. The highest BCUT2D eigenvalue weighted by molar-refractivity contribution is 7.98. The number of para-hydroxylation sites is 2. The van der Waals surface area contributed by atoms with Gasteiger partial charge in [0.25, 0.3) is 5.56 Å². The predicted octanol–water partition coefficient (Wildman–Crippen LogP) is 2.76. The lowest BCUT2D eigenvalue weighted by molar-refractivity contribution is -0.124. The Kier molecular flexibility index (Phi) is 6.27. The third kappa shape index (κ3) is 4.29. The number of carbonyl (C=O) groups is 1. The molecule has 31 heavy (non-hydrogen) atoms. The molecule has 2 aromatic carbocycles. The maximum Gasteiger partial charge on any atom is 0.329 e. The number of aromatic amines is 1. The highest BCUT2D eigenvalue weighted by Gasteiger charge is 2.24. The van der Waals surface area contributed by atoms with E-state index in [4.69, 9.17) is 0 Å². The van der Waals surface area contributed by atoms with E-state index < -0.39 is 17.3 Å². The zero-order valence-corrected chi connectivity index (χ0v) is 18.0. The van der Waals surface area contributed by atoms with Crippen molar-refractivity contribution >= 4 is 39.5 Å². The maximum absolute atomic E-state index is 13.0. The van der Waals surface area contributed by atoms with Crippen LogP contribution in [0.25, 0.3) is 21.8 Å². The van der Waals surface area contributed by atoms with Gasteiger partial charge in [0.2, 0.25) is 5.91 Å². The number of rotatable bonds is 8. The Hall–Kier alpha value is -3.26. The summed E-state index contributed by atoms with van der Waals surface area (Å²) in [5, 5.41) is 4.45. The summed E-state index contributed by atoms with van der Waals surface area (Å²) < 4.78 is 3.13. The molecule has 0 aliphatic rings. The Bertz CT molecular complexity index is 1340. The number of aromatic nitrogens is 3. The van der Waals surface area contributed by atoms with Gasteiger partial charge in [-0.05, 0) is 48.1 Å². The Morgan fingerprint density at radius 3 is 2.71 bits per heavy atom. The molecule has 0 saturated heterocycles. The average molecular weight is 437 g/mol. The van der Waals surface area contributed by atoms with Gasteiger partial charge in [0.1, 0.15) is 6.04 Å². The summed E-state index contributed by atoms with van der Waals surface area (Å²) in [4.78, 5) is 41.5. The second-order valence-electron chi connectivity index (χ2n) is 7.31. The van der Waals surface area contributed by atoms with Gasteiger partial charge < -0.3 is 14.9 Å². The molecule has 0 radical (unpaired) electrons. The first-order valence-electron chi connectivity index (χ1n) is 10.1. The van der Waals surface area contributed by atoms with Crippen LogP contribution in [0.3, 0.4) is 0 Å². The fraction of sp³-hybridized carbons (Fsp3) is 0.261. The molecule has 0 aliphatic heterocycles. The number of hydrogen-bond acceptors (Lipinski definition) is 4. The predicted molar refractivity (Wildman–Crippen MR) is 126 cm³/mol. The van der Waals surface area contributed by atoms with Gasteiger partial charge >= 0.3 is 5.69 Å². The quantitative estimate of drug-likeness (QED) is 0.445. The first-order valence-corrected chi connectivity index (χ1v) is 11.5. The summed E-state index contributed by atoms with van der Waals surface area (Å²) in [7, 11) is 0. The number of thioether (sulfide) groups is 1. The summed E-state index contributed by atoms with van der Waals surface area (Å²) in [6, 6.07) is 16.1. The first kappa shape index (κ1) is 21.0. The Morgan fingerprint density at radius 2 is 1.87 bits per heavy atom. The lowest BCUT2D eigenvalue weighted by Crippen LogP contribution is -2.45. The van der Waals surface area contributed by atoms with Gasteiger partial charge in [-0.1, -0.05) is 30.3 Å². The summed E-state index contributed by atoms with van der Waals surface area (Å²) in [6.07, 6.45) is 4.31. The fourth-order valence-corrected chi connectivity index (χ4v) is 4.28. The van der Waals surface area contributed by atoms with E-state index in [0.717, 1.165) is 15.5 Å². The summed E-state index contributed by atoms with van der Waals surface area (Å²) in [5.41, 5.74) is 0.550. The van der Waals surface area contributed by atoms with E-state index in [0.29, 0.717) is 36.2 Å². The molecule has 1 amide bonds. The van der Waals surface area contributed by atoms with Crippen LogP contribution in [-0.2, 0) is 11.3 Å². The number of H-pyrrole nitrogens is 1. The fourth-order valence-electron chi connectivity index (χ4n) is 3.82. The lowest BCUT2D eigenvalue weighted by atomic mass is 10.2. The third-order valence-corrected chi connectivity index (χ3v) is 6.02. The van der Waals surface area contributed by atoms with Crippen molar-refractivity contribution in [3.63, 3.8) is 0 Å². The monoisotopic (exact) mass is 436 g/mol. The molecule has 160 valence electrons. The van der Waals surface area contributed by atoms with Crippen LogP contribution in [0.15, 0.2) is 70.4 Å². The van der Waals surface area contributed by atoms with Crippen LogP contribution in [0.4, 0.5) is 0 Å². The Labute approximate surface area is 183 Å². The van der Waals surface area contributed by atoms with Crippen molar-refractivity contribution in [3.8, 4) is 0 Å². The molecule has 0 spiro atoms. The molecule has 4 aromatic rings. The SMILES string of the molecule is CSCC[C@@H](C(=O)NCCn1ccc2ccccc21)n1c(=O)[nH]c2ccccc2c1=O. The molecule has 0 fully saturated rings. The highest BCUT2D eigenvalue weighted by Crippen LogP contribution is 2.15. The van der Waals surface area contributed by atoms with Crippen molar-refractivity contribution in [2.45, 2.75) is 19.0 Å². The van der Waals surface area contributed by atoms with Gasteiger partial charge in [0.15, 0.2) is 0 Å². The molecule has 0 unspecified atom stereocenters. The highest BCUT2D eigenvalue weighted by atomic mass is 32.2. The number of fused-ring (bicyclic) bond motifs is 2. The number of carbonyl (C=O) groups excluding carboxylic acids is 1. The minimum absolute atomic E-state index is 0.326. The number of nitrogens with zero attached hydrogens (tertiary/aromatic N) is 2. The van der Waals surface area contributed by atoms with Crippen LogP contribution in [-0.4, -0.2) is 38.6 Å². The van der Waals surface area contributed by atoms with Crippen LogP contribution in [0.1, 0.15) is 12.5 Å². The molecule has 7 nitrogen and oxygen atoms in total. The molecule has 1 atom stereocenters. The van der Waals surface area contributed by atoms with Crippen LogP contribution in [0.5, 0.6) is 0 Å². The van der Waals surface area contributed by atoms with Crippen LogP contribution >= 0.6 is 11.8 Å². The molecule has 2 heterocycles. The van der Waals surface area contributed by atoms with Crippen molar-refractivity contribution < 1.29 is 4.79 Å². The van der Waals surface area contributed by atoms with Gasteiger partial charge in [0, 0.05) is 24.8 Å². The molecule has 0 saturated carbocycles. The summed E-state index contributed by atoms with van der Waals surface area (Å²) >= 11 is 1.57. The molecule has 0 bridgehead atoms. The molecular weight excluding hydrogens is 412 g/mol. The van der Waals surface area contributed by atoms with E-state index >= 15 is 0 Å². The number of nitrogens with one attached hydrogen (secondary N) is 2. The van der Waals surface area contributed by atoms with Gasteiger partial charge in [-0.2, -0.15) is 11.8 Å². The van der Waals surface area contributed by atoms with Crippen molar-refractivity contribution in [1.82, 2.24) is 19.4 Å². The summed E-state index contributed by atoms with van der Waals surface area (Å²) in [5.74, 6) is 0.326.